The fourth-order valence-corrected chi connectivity index (χ4v) is 8.07. The number of rotatable bonds is 8. The van der Waals surface area contributed by atoms with E-state index in [4.69, 9.17) is 4.74 Å². The fourth-order valence-electron chi connectivity index (χ4n) is 4.55. The molecule has 0 atom stereocenters. The van der Waals surface area contributed by atoms with Gasteiger partial charge in [0.15, 0.2) is 6.61 Å². The molecule has 6 nitrogen and oxygen atoms in total. The maximum Gasteiger partial charge on any atom is 0.422 e. The van der Waals surface area contributed by atoms with Gasteiger partial charge in [0.1, 0.15) is 22.7 Å². The molecular formula is C28H29F6N2O4PS2. The first kappa shape index (κ1) is 33.0. The van der Waals surface area contributed by atoms with E-state index in [1.807, 2.05) is 0 Å². The molecule has 234 valence electrons. The standard InChI is InChI=1S/C28H29F6N2O4PS2/c1-41(2,37)19-8-9-22(24(15-19)40-17-28(32,33)34)35-12-4-7-25-21(16-27(29,30)31)20-5-3-6-23(26(20)42-25)36-18-10-13-43(38,39)14-11-18/h3,5-6,8-9,15,18,35-36H,10-14,16-17H2,1-2H3. The van der Waals surface area contributed by atoms with E-state index in [9.17, 15) is 39.3 Å². The molecule has 0 amide bonds. The molecular weight excluding hydrogens is 637 g/mol. The number of hydrogen-bond donors (Lipinski definition) is 2. The molecule has 1 aromatic heterocycles. The van der Waals surface area contributed by atoms with Crippen molar-refractivity contribution in [1.29, 1.82) is 0 Å². The third kappa shape index (κ3) is 9.30. The summed E-state index contributed by atoms with van der Waals surface area (Å²) in [6.45, 7) is 1.25. The maximum atomic E-state index is 13.6. The first-order valence-electron chi connectivity index (χ1n) is 13.1. The molecule has 4 rings (SSSR count). The van der Waals surface area contributed by atoms with Crippen LogP contribution in [0.2, 0.25) is 0 Å². The normalized spacial score (nSPS) is 16.0. The van der Waals surface area contributed by atoms with Gasteiger partial charge in [-0.05, 0) is 61.4 Å². The Morgan fingerprint density at radius 1 is 1.02 bits per heavy atom. The number of hydrogen-bond acceptors (Lipinski definition) is 7. The Morgan fingerprint density at radius 3 is 2.35 bits per heavy atom. The molecule has 1 fully saturated rings. The number of ether oxygens (including phenoxy) is 1. The predicted octanol–water partition coefficient (Wildman–Crippen LogP) is 6.65. The van der Waals surface area contributed by atoms with Crippen LogP contribution in [0.3, 0.4) is 0 Å². The van der Waals surface area contributed by atoms with Gasteiger partial charge in [-0.25, -0.2) is 8.42 Å². The number of nitrogens with one attached hydrogen (secondary N) is 2. The molecule has 2 aromatic carbocycles. The molecule has 1 aliphatic heterocycles. The lowest BCUT2D eigenvalue weighted by molar-refractivity contribution is -0.153. The molecule has 0 unspecified atom stereocenters. The molecule has 0 radical (unpaired) electrons. The highest BCUT2D eigenvalue weighted by molar-refractivity contribution is 7.91. The molecule has 2 N–H and O–H groups in total. The Balaban J connectivity index is 1.60. The van der Waals surface area contributed by atoms with Gasteiger partial charge >= 0.3 is 12.4 Å². The lowest BCUT2D eigenvalue weighted by atomic mass is 10.1. The van der Waals surface area contributed by atoms with Crippen molar-refractivity contribution >= 4 is 55.1 Å². The predicted molar refractivity (Wildman–Crippen MR) is 159 cm³/mol. The number of fused-ring (bicyclic) bond motifs is 1. The SMILES string of the molecule is CP(C)(=O)c1ccc(NCC#Cc2sc3c(NC4CCS(=O)(=O)CC4)cccc3c2CC(F)(F)F)c(OCC(F)(F)F)c1. The summed E-state index contributed by atoms with van der Waals surface area (Å²) in [5.74, 6) is 5.44. The van der Waals surface area contributed by atoms with E-state index >= 15 is 0 Å². The minimum Gasteiger partial charge on any atom is -0.482 e. The lowest BCUT2D eigenvalue weighted by Gasteiger charge is -2.24. The quantitative estimate of drug-likeness (QED) is 0.159. The van der Waals surface area contributed by atoms with Gasteiger partial charge in [0.05, 0.1) is 45.4 Å². The van der Waals surface area contributed by atoms with Crippen LogP contribution in [0, 0.1) is 11.8 Å². The zero-order valence-corrected chi connectivity index (χ0v) is 25.7. The van der Waals surface area contributed by atoms with Crippen molar-refractivity contribution < 1.29 is 44.1 Å². The third-order valence-corrected chi connectivity index (χ3v) is 11.1. The van der Waals surface area contributed by atoms with Crippen LogP contribution in [0.1, 0.15) is 23.3 Å². The van der Waals surface area contributed by atoms with Crippen molar-refractivity contribution in [2.45, 2.75) is 37.7 Å². The lowest BCUT2D eigenvalue weighted by Crippen LogP contribution is -2.32. The van der Waals surface area contributed by atoms with E-state index in [1.165, 1.54) is 31.5 Å². The molecule has 0 saturated carbocycles. The highest BCUT2D eigenvalue weighted by Gasteiger charge is 2.32. The zero-order chi connectivity index (χ0) is 31.6. The van der Waals surface area contributed by atoms with Crippen LogP contribution in [-0.2, 0) is 20.8 Å². The van der Waals surface area contributed by atoms with Crippen LogP contribution in [0.5, 0.6) is 5.75 Å². The molecule has 2 heterocycles. The van der Waals surface area contributed by atoms with Gasteiger partial charge in [-0.15, -0.1) is 11.3 Å². The zero-order valence-electron chi connectivity index (χ0n) is 23.2. The summed E-state index contributed by atoms with van der Waals surface area (Å²) in [5, 5.41) is 6.83. The van der Waals surface area contributed by atoms with Gasteiger partial charge in [0.2, 0.25) is 0 Å². The molecule has 3 aromatic rings. The summed E-state index contributed by atoms with van der Waals surface area (Å²) in [6, 6.07) is 9.00. The summed E-state index contributed by atoms with van der Waals surface area (Å²) in [6.07, 6.45) is -9.54. The van der Waals surface area contributed by atoms with E-state index in [0.29, 0.717) is 33.9 Å². The van der Waals surface area contributed by atoms with E-state index in [-0.39, 0.29) is 46.0 Å². The number of alkyl halides is 6. The van der Waals surface area contributed by atoms with Gasteiger partial charge in [-0.3, -0.25) is 0 Å². The van der Waals surface area contributed by atoms with Crippen LogP contribution in [0.15, 0.2) is 36.4 Å². The van der Waals surface area contributed by atoms with E-state index in [0.717, 1.165) is 11.3 Å². The van der Waals surface area contributed by atoms with Crippen molar-refractivity contribution in [3.63, 3.8) is 0 Å². The summed E-state index contributed by atoms with van der Waals surface area (Å²) in [7, 11) is -5.88. The van der Waals surface area contributed by atoms with Gasteiger partial charge in [0.25, 0.3) is 0 Å². The van der Waals surface area contributed by atoms with Crippen LogP contribution in [0.4, 0.5) is 37.7 Å². The Bertz CT molecular complexity index is 1690. The molecule has 1 saturated heterocycles. The summed E-state index contributed by atoms with van der Waals surface area (Å²) >= 11 is 1.08. The minimum absolute atomic E-state index is 0.00932. The van der Waals surface area contributed by atoms with Gasteiger partial charge in [-0.2, -0.15) is 26.3 Å². The fraction of sp³-hybridized carbons (Fsp3) is 0.429. The molecule has 0 spiro atoms. The topological polar surface area (TPSA) is 84.5 Å². The van der Waals surface area contributed by atoms with E-state index in [2.05, 4.69) is 22.5 Å². The monoisotopic (exact) mass is 666 g/mol. The Morgan fingerprint density at radius 2 is 1.72 bits per heavy atom. The maximum absolute atomic E-state index is 13.6. The summed E-state index contributed by atoms with van der Waals surface area (Å²) in [4.78, 5) is 0.191. The third-order valence-electron chi connectivity index (χ3n) is 6.66. The van der Waals surface area contributed by atoms with Crippen molar-refractivity contribution in [3.8, 4) is 17.6 Å². The van der Waals surface area contributed by atoms with Crippen molar-refractivity contribution in [2.75, 3.05) is 48.6 Å². The number of halogens is 6. The van der Waals surface area contributed by atoms with Gasteiger partial charge < -0.3 is 19.9 Å². The average Bonchev–Trinajstić information content (AvgIpc) is 3.22. The van der Waals surface area contributed by atoms with Gasteiger partial charge in [0, 0.05) is 11.3 Å². The average molecular weight is 667 g/mol. The van der Waals surface area contributed by atoms with Crippen molar-refractivity contribution in [1.82, 2.24) is 0 Å². The minimum atomic E-state index is -4.60. The Hall–Kier alpha value is -2.88. The molecule has 43 heavy (non-hydrogen) atoms. The van der Waals surface area contributed by atoms with Crippen LogP contribution in [0.25, 0.3) is 10.1 Å². The van der Waals surface area contributed by atoms with Crippen molar-refractivity contribution in [3.05, 3.63) is 46.8 Å². The molecule has 15 heteroatoms. The number of benzene rings is 2. The van der Waals surface area contributed by atoms with Crippen LogP contribution in [-0.4, -0.2) is 64.8 Å². The van der Waals surface area contributed by atoms with Crippen LogP contribution < -0.4 is 20.7 Å². The first-order chi connectivity index (χ1) is 19.9. The summed E-state index contributed by atoms with van der Waals surface area (Å²) in [5.41, 5.74) is 0.760. The number of anilines is 2. The Labute approximate surface area is 249 Å². The second-order valence-electron chi connectivity index (χ2n) is 10.5. The second kappa shape index (κ2) is 12.6. The molecule has 0 aliphatic carbocycles. The molecule has 1 aliphatic rings. The number of sulfone groups is 1. The smallest absolute Gasteiger partial charge is 0.422 e. The molecule has 0 bridgehead atoms. The second-order valence-corrected chi connectivity index (χ2v) is 17.1. The van der Waals surface area contributed by atoms with E-state index < -0.39 is 42.4 Å². The summed E-state index contributed by atoms with van der Waals surface area (Å²) < 4.78 is 121. The highest BCUT2D eigenvalue weighted by Crippen LogP contribution is 2.40. The van der Waals surface area contributed by atoms with E-state index in [1.54, 1.807) is 18.2 Å². The first-order valence-corrected chi connectivity index (χ1v) is 18.3. The van der Waals surface area contributed by atoms with Crippen LogP contribution >= 0.6 is 18.5 Å². The highest BCUT2D eigenvalue weighted by atomic mass is 32.2. The van der Waals surface area contributed by atoms with Crippen molar-refractivity contribution in [2.24, 2.45) is 0 Å². The largest absolute Gasteiger partial charge is 0.482 e. The number of thiophene rings is 1. The van der Waals surface area contributed by atoms with Gasteiger partial charge in [-0.1, -0.05) is 24.0 Å². The Kier molecular flexibility index (Phi) is 9.69.